The van der Waals surface area contributed by atoms with Crippen LogP contribution in [0.4, 0.5) is 0 Å². The summed E-state index contributed by atoms with van der Waals surface area (Å²) >= 11 is -2.77. The van der Waals surface area contributed by atoms with Crippen molar-refractivity contribution in [1.82, 2.24) is 0 Å². The van der Waals surface area contributed by atoms with Crippen molar-refractivity contribution >= 4 is 19.2 Å². The van der Waals surface area contributed by atoms with E-state index in [9.17, 15) is 0 Å². The molecule has 0 atom stereocenters. The van der Waals surface area contributed by atoms with Gasteiger partial charge < -0.3 is 0 Å². The second-order valence-electron chi connectivity index (χ2n) is 6.34. The fraction of sp³-hybridized carbons (Fsp3) is 1.00. The first-order valence-electron chi connectivity index (χ1n) is 7.19. The summed E-state index contributed by atoms with van der Waals surface area (Å²) in [6.07, 6.45) is 5.04. The summed E-state index contributed by atoms with van der Waals surface area (Å²) in [6.45, 7) is 13.3. The minimum absolute atomic E-state index is 0.107. The Morgan fingerprint density at radius 2 is 1.12 bits per heavy atom. The summed E-state index contributed by atoms with van der Waals surface area (Å²) in [5.41, 5.74) is -0.213. The molecular weight excluding hydrogens is 319 g/mol. The van der Waals surface area contributed by atoms with Gasteiger partial charge in [0, 0.05) is 0 Å². The Morgan fingerprint density at radius 3 is 1.41 bits per heavy atom. The third-order valence-corrected chi connectivity index (χ3v) is 15.6. The first-order chi connectivity index (χ1) is 7.79. The SMILES string of the molecule is CCC[CH2][Sn]1([CH2]CCC)[O]C(C)(C)C(C)(C)[O]1. The fourth-order valence-corrected chi connectivity index (χ4v) is 16.2. The quantitative estimate of drug-likeness (QED) is 0.651. The summed E-state index contributed by atoms with van der Waals surface area (Å²) in [4.78, 5) is 0. The molecule has 102 valence electrons. The molecule has 0 N–H and O–H groups in total. The van der Waals surface area contributed by atoms with Crippen molar-refractivity contribution in [2.45, 2.75) is 87.3 Å². The predicted molar refractivity (Wildman–Crippen MR) is 75.5 cm³/mol. The molecule has 3 heteroatoms. The molecule has 2 nitrogen and oxygen atoms in total. The summed E-state index contributed by atoms with van der Waals surface area (Å²) in [7, 11) is 0. The minimum atomic E-state index is -2.77. The third-order valence-electron chi connectivity index (χ3n) is 4.15. The van der Waals surface area contributed by atoms with Crippen LogP contribution in [0.5, 0.6) is 0 Å². The Bertz CT molecular complexity index is 223. The van der Waals surface area contributed by atoms with Crippen LogP contribution in [-0.4, -0.2) is 30.4 Å². The Labute approximate surface area is 112 Å². The number of unbranched alkanes of at least 4 members (excludes halogenated alkanes) is 2. The van der Waals surface area contributed by atoms with Crippen LogP contribution in [0.25, 0.3) is 0 Å². The standard InChI is InChI=1S/C6H12O2.2C4H9.Sn/c1-5(2,7)6(3,4)8;2*1-3-4-2;/h1-4H3;2*1,3-4H2,2H3;/q-2;;;+2. The van der Waals surface area contributed by atoms with Crippen molar-refractivity contribution in [1.29, 1.82) is 0 Å². The maximum atomic E-state index is 6.54. The molecule has 1 aliphatic rings. The summed E-state index contributed by atoms with van der Waals surface area (Å²) < 4.78 is 15.6. The van der Waals surface area contributed by atoms with E-state index in [0.717, 1.165) is 0 Å². The predicted octanol–water partition coefficient (Wildman–Crippen LogP) is 4.63. The average molecular weight is 349 g/mol. The van der Waals surface area contributed by atoms with E-state index < -0.39 is 19.2 Å². The molecule has 0 spiro atoms. The summed E-state index contributed by atoms with van der Waals surface area (Å²) in [5.74, 6) is 0. The Hall–Kier alpha value is 0.719. The molecule has 0 aliphatic carbocycles. The molecule has 1 aliphatic heterocycles. The van der Waals surface area contributed by atoms with E-state index in [1.54, 1.807) is 0 Å². The van der Waals surface area contributed by atoms with Gasteiger partial charge in [0.05, 0.1) is 0 Å². The van der Waals surface area contributed by atoms with Crippen LogP contribution in [0.3, 0.4) is 0 Å². The summed E-state index contributed by atoms with van der Waals surface area (Å²) in [6, 6.07) is 0. The Balaban J connectivity index is 2.79. The van der Waals surface area contributed by atoms with Crippen LogP contribution in [0.1, 0.15) is 67.2 Å². The molecule has 1 rings (SSSR count). The van der Waals surface area contributed by atoms with Gasteiger partial charge in [-0.05, 0) is 0 Å². The van der Waals surface area contributed by atoms with E-state index in [-0.39, 0.29) is 11.2 Å². The van der Waals surface area contributed by atoms with E-state index in [0.29, 0.717) is 0 Å². The van der Waals surface area contributed by atoms with Gasteiger partial charge in [-0.25, -0.2) is 0 Å². The molecule has 0 aromatic carbocycles. The Morgan fingerprint density at radius 1 is 0.765 bits per heavy atom. The number of rotatable bonds is 6. The van der Waals surface area contributed by atoms with E-state index in [2.05, 4.69) is 41.5 Å². The molecule has 0 aromatic rings. The molecule has 0 bridgehead atoms. The van der Waals surface area contributed by atoms with Gasteiger partial charge in [-0.3, -0.25) is 0 Å². The van der Waals surface area contributed by atoms with Gasteiger partial charge in [0.1, 0.15) is 0 Å². The van der Waals surface area contributed by atoms with E-state index >= 15 is 0 Å². The van der Waals surface area contributed by atoms with Crippen LogP contribution >= 0.6 is 0 Å². The first-order valence-corrected chi connectivity index (χ1v) is 13.6. The van der Waals surface area contributed by atoms with Crippen LogP contribution in [-0.2, 0) is 6.15 Å². The zero-order valence-electron chi connectivity index (χ0n) is 12.6. The molecule has 1 saturated heterocycles. The summed E-state index contributed by atoms with van der Waals surface area (Å²) in [5, 5.41) is 0. The monoisotopic (exact) mass is 350 g/mol. The topological polar surface area (TPSA) is 18.5 Å². The van der Waals surface area contributed by atoms with E-state index in [1.165, 1.54) is 34.6 Å². The van der Waals surface area contributed by atoms with Crippen LogP contribution in [0.2, 0.25) is 8.87 Å². The third kappa shape index (κ3) is 3.60. The van der Waals surface area contributed by atoms with Crippen LogP contribution in [0, 0.1) is 0 Å². The molecule has 1 heterocycles. The fourth-order valence-electron chi connectivity index (χ4n) is 2.42. The van der Waals surface area contributed by atoms with Crippen molar-refractivity contribution < 1.29 is 6.15 Å². The van der Waals surface area contributed by atoms with Gasteiger partial charge in [-0.2, -0.15) is 0 Å². The zero-order chi connectivity index (χ0) is 13.2. The van der Waals surface area contributed by atoms with E-state index in [1.807, 2.05) is 0 Å². The van der Waals surface area contributed by atoms with Crippen molar-refractivity contribution in [3.63, 3.8) is 0 Å². The van der Waals surface area contributed by atoms with Crippen molar-refractivity contribution in [2.75, 3.05) is 0 Å². The van der Waals surface area contributed by atoms with Crippen molar-refractivity contribution in [3.05, 3.63) is 0 Å². The molecule has 0 aromatic heterocycles. The number of hydrogen-bond acceptors (Lipinski definition) is 2. The zero-order valence-corrected chi connectivity index (χ0v) is 15.4. The van der Waals surface area contributed by atoms with Crippen molar-refractivity contribution in [3.8, 4) is 0 Å². The second-order valence-corrected chi connectivity index (χ2v) is 15.6. The molecule has 1 fully saturated rings. The number of hydrogen-bond donors (Lipinski definition) is 0. The first kappa shape index (κ1) is 15.8. The normalized spacial score (nSPS) is 25.1. The van der Waals surface area contributed by atoms with Crippen molar-refractivity contribution in [2.24, 2.45) is 0 Å². The van der Waals surface area contributed by atoms with Gasteiger partial charge in [-0.1, -0.05) is 0 Å². The van der Waals surface area contributed by atoms with Gasteiger partial charge in [-0.15, -0.1) is 0 Å². The van der Waals surface area contributed by atoms with Gasteiger partial charge >= 0.3 is 113 Å². The average Bonchev–Trinajstić information content (AvgIpc) is 2.40. The molecule has 0 unspecified atom stereocenters. The second kappa shape index (κ2) is 5.79. The molecular formula is C14H30O2Sn. The van der Waals surface area contributed by atoms with Gasteiger partial charge in [0.15, 0.2) is 0 Å². The molecule has 0 radical (unpaired) electrons. The van der Waals surface area contributed by atoms with Crippen LogP contribution < -0.4 is 0 Å². The maximum absolute atomic E-state index is 6.54. The molecule has 17 heavy (non-hydrogen) atoms. The van der Waals surface area contributed by atoms with Gasteiger partial charge in [0.2, 0.25) is 0 Å². The Kier molecular flexibility index (Phi) is 5.37. The van der Waals surface area contributed by atoms with Gasteiger partial charge in [0.25, 0.3) is 0 Å². The molecule has 0 saturated carbocycles. The van der Waals surface area contributed by atoms with E-state index in [4.69, 9.17) is 6.15 Å². The van der Waals surface area contributed by atoms with Crippen LogP contribution in [0.15, 0.2) is 0 Å². The molecule has 0 amide bonds.